The lowest BCUT2D eigenvalue weighted by atomic mass is 9.70. The van der Waals surface area contributed by atoms with Crippen LogP contribution in [0.1, 0.15) is 18.7 Å². The van der Waals surface area contributed by atoms with Gasteiger partial charge in [0.25, 0.3) is 5.56 Å². The van der Waals surface area contributed by atoms with Gasteiger partial charge in [-0.25, -0.2) is 38.3 Å². The molecule has 0 aromatic carbocycles. The summed E-state index contributed by atoms with van der Waals surface area (Å²) in [5.41, 5.74) is 6.45. The standard InChI is InChI=1S/C23H23FN10O9P2/c24-14-13-6-41-45(37,38)40-5-11-10(3-12(11)33-8-29-15-18(25)27-7-28-19(15)33)4-39-44(36)43-17(14)22(42-13)34-9-30-16-20(34)31-23-26-1-2-32(23)21(16)35/h1-2,7-14,17,22H,3-6H2,(H3-,25,26,27,28,31,35,37,38)/p+1/t10-,11-,12-,13-,14-,17-,22-/m1/s1. The van der Waals surface area contributed by atoms with Crippen LogP contribution in [-0.4, -0.2) is 86.5 Å². The summed E-state index contributed by atoms with van der Waals surface area (Å²) in [7, 11) is -7.58. The van der Waals surface area contributed by atoms with Crippen LogP contribution in [0.2, 0.25) is 0 Å². The van der Waals surface area contributed by atoms with Crippen LogP contribution < -0.4 is 11.3 Å². The first-order valence-electron chi connectivity index (χ1n) is 13.7. The van der Waals surface area contributed by atoms with Crippen molar-refractivity contribution in [3.63, 3.8) is 0 Å². The van der Waals surface area contributed by atoms with Gasteiger partial charge < -0.3 is 24.9 Å². The third-order valence-electron chi connectivity index (χ3n) is 8.45. The number of aromatic nitrogens is 9. The number of imidazole rings is 3. The van der Waals surface area contributed by atoms with Gasteiger partial charge in [0, 0.05) is 28.9 Å². The van der Waals surface area contributed by atoms with Gasteiger partial charge in [0.1, 0.15) is 30.2 Å². The lowest BCUT2D eigenvalue weighted by Crippen LogP contribution is -2.43. The second-order valence-corrected chi connectivity index (χ2v) is 13.2. The molecule has 3 fully saturated rings. The van der Waals surface area contributed by atoms with Crippen molar-refractivity contribution in [2.75, 3.05) is 25.6 Å². The molecule has 9 atom stereocenters. The summed E-state index contributed by atoms with van der Waals surface area (Å²) in [4.78, 5) is 47.0. The van der Waals surface area contributed by atoms with E-state index in [1.54, 1.807) is 10.9 Å². The highest BCUT2D eigenvalue weighted by Crippen LogP contribution is 2.52. The largest absolute Gasteiger partial charge is 0.697 e. The molecule has 5 aromatic rings. The molecule has 1 saturated carbocycles. The van der Waals surface area contributed by atoms with E-state index in [1.807, 2.05) is 0 Å². The zero-order valence-electron chi connectivity index (χ0n) is 22.9. The summed E-state index contributed by atoms with van der Waals surface area (Å²) in [5, 5.41) is 0. The van der Waals surface area contributed by atoms with Gasteiger partial charge in [-0.3, -0.25) is 18.4 Å². The van der Waals surface area contributed by atoms with Crippen molar-refractivity contribution in [1.82, 2.24) is 43.4 Å². The van der Waals surface area contributed by atoms with Crippen molar-refractivity contribution in [3.8, 4) is 0 Å². The van der Waals surface area contributed by atoms with Crippen molar-refractivity contribution >= 4 is 50.0 Å². The first kappa shape index (κ1) is 28.7. The van der Waals surface area contributed by atoms with Crippen molar-refractivity contribution in [2.45, 2.75) is 37.1 Å². The van der Waals surface area contributed by atoms with E-state index in [4.69, 9.17) is 28.6 Å². The lowest BCUT2D eigenvalue weighted by molar-refractivity contribution is -0.0468. The molecule has 2 bridgehead atoms. The van der Waals surface area contributed by atoms with Gasteiger partial charge in [0.15, 0.2) is 35.5 Å². The molecule has 8 rings (SSSR count). The molecule has 236 valence electrons. The first-order valence-corrected chi connectivity index (χ1v) is 16.3. The molecular formula is C23H24FN10O9P2+. The molecule has 0 amide bonds. The molecule has 4 N–H and O–H groups in total. The molecule has 0 spiro atoms. The molecular weight excluding hydrogens is 641 g/mol. The molecule has 1 aliphatic carbocycles. The van der Waals surface area contributed by atoms with E-state index < -0.39 is 58.8 Å². The maximum absolute atomic E-state index is 15.8. The van der Waals surface area contributed by atoms with Crippen LogP contribution in [0.4, 0.5) is 10.2 Å². The minimum absolute atomic E-state index is 0.00291. The highest BCUT2D eigenvalue weighted by molar-refractivity contribution is 7.47. The van der Waals surface area contributed by atoms with Crippen LogP contribution in [0, 0.1) is 11.8 Å². The monoisotopic (exact) mass is 665 g/mol. The van der Waals surface area contributed by atoms with Crippen molar-refractivity contribution in [2.24, 2.45) is 11.8 Å². The van der Waals surface area contributed by atoms with Crippen LogP contribution in [0.3, 0.4) is 0 Å². The maximum atomic E-state index is 15.8. The molecule has 2 unspecified atom stereocenters. The number of nitrogens with two attached hydrogens (primary N) is 1. The summed E-state index contributed by atoms with van der Waals surface area (Å²) in [6.45, 7) is -1.06. The number of anilines is 1. The third kappa shape index (κ3) is 4.76. The number of ether oxygens (including phenoxy) is 1. The van der Waals surface area contributed by atoms with Gasteiger partial charge in [0.05, 0.1) is 25.9 Å². The Morgan fingerprint density at radius 3 is 2.76 bits per heavy atom. The summed E-state index contributed by atoms with van der Waals surface area (Å²) < 4.78 is 73.5. The molecule has 7 heterocycles. The Labute approximate surface area is 251 Å². The fraction of sp³-hybridized carbons (Fsp3) is 0.478. The second-order valence-electron chi connectivity index (χ2n) is 10.9. The van der Waals surface area contributed by atoms with Gasteiger partial charge in [-0.15, -0.1) is 9.05 Å². The predicted octanol–water partition coefficient (Wildman–Crippen LogP) is 1.41. The highest BCUT2D eigenvalue weighted by Gasteiger charge is 2.54. The average Bonchev–Trinajstić information content (AvgIpc) is 3.79. The Balaban J connectivity index is 1.08. The van der Waals surface area contributed by atoms with Crippen molar-refractivity contribution in [1.29, 1.82) is 0 Å². The quantitative estimate of drug-likeness (QED) is 0.226. The lowest BCUT2D eigenvalue weighted by Gasteiger charge is -2.44. The zero-order valence-corrected chi connectivity index (χ0v) is 24.7. The number of aromatic amines is 1. The molecule has 0 radical (unpaired) electrons. The minimum atomic E-state index is -4.70. The van der Waals surface area contributed by atoms with E-state index in [-0.39, 0.29) is 47.9 Å². The predicted molar refractivity (Wildman–Crippen MR) is 148 cm³/mol. The zero-order chi connectivity index (χ0) is 31.0. The van der Waals surface area contributed by atoms with Crippen LogP contribution in [0.25, 0.3) is 28.1 Å². The number of fused-ring (bicyclic) bond motifs is 6. The van der Waals surface area contributed by atoms with Crippen LogP contribution in [0.5, 0.6) is 0 Å². The normalized spacial score (nSPS) is 33.7. The average molecular weight is 665 g/mol. The Bertz CT molecular complexity index is 2070. The number of halogens is 1. The van der Waals surface area contributed by atoms with Crippen LogP contribution in [0.15, 0.2) is 36.2 Å². The Morgan fingerprint density at radius 1 is 1.09 bits per heavy atom. The number of hydrogen-bond donors (Lipinski definition) is 3. The Morgan fingerprint density at radius 2 is 1.89 bits per heavy atom. The van der Waals surface area contributed by atoms with Gasteiger partial charge in [-0.1, -0.05) is 0 Å². The first-order chi connectivity index (χ1) is 21.7. The summed E-state index contributed by atoms with van der Waals surface area (Å²) in [6, 6.07) is -0.290. The maximum Gasteiger partial charge on any atom is 0.697 e. The number of rotatable bonds is 2. The number of H-pyrrole nitrogens is 1. The Kier molecular flexibility index (Phi) is 6.81. The molecule has 2 aliphatic heterocycles. The number of nitrogens with zero attached hydrogens (tertiary/aromatic N) is 8. The highest BCUT2D eigenvalue weighted by atomic mass is 31.2. The number of phosphoric ester groups is 1. The molecule has 3 aliphatic rings. The molecule has 5 aromatic heterocycles. The van der Waals surface area contributed by atoms with Crippen molar-refractivity contribution < 1.29 is 41.2 Å². The number of nitrogens with one attached hydrogen (secondary N) is 1. The summed E-state index contributed by atoms with van der Waals surface area (Å²) >= 11 is 0. The van der Waals surface area contributed by atoms with Gasteiger partial charge in [-0.2, -0.15) is 0 Å². The smallest absolute Gasteiger partial charge is 0.382 e. The summed E-state index contributed by atoms with van der Waals surface area (Å²) in [5.74, 6) is -0.326. The summed E-state index contributed by atoms with van der Waals surface area (Å²) in [6.07, 6.45) is 1.10. The van der Waals surface area contributed by atoms with Gasteiger partial charge in [0.2, 0.25) is 5.78 Å². The fourth-order valence-corrected chi connectivity index (χ4v) is 7.66. The van der Waals surface area contributed by atoms with E-state index in [9.17, 15) is 18.8 Å². The van der Waals surface area contributed by atoms with E-state index in [2.05, 4.69) is 29.9 Å². The van der Waals surface area contributed by atoms with Crippen LogP contribution in [-0.2, 0) is 32.0 Å². The van der Waals surface area contributed by atoms with Gasteiger partial charge in [-0.05, 0) is 12.3 Å². The SMILES string of the molecule is Nc1ncnc2c1ncn2[C@@H]1C[C@@H]2CO[P+](=O)O[C@@H]3[C@H](F)[C@@H](COP(=O)(O)OC[C@H]21)O[C@H]3n1cnc2c(=O)n3ccnc3[nH]c21. The molecule has 19 nitrogen and oxygen atoms in total. The minimum Gasteiger partial charge on any atom is -0.382 e. The van der Waals surface area contributed by atoms with Crippen LogP contribution >= 0.6 is 16.1 Å². The topological polar surface area (TPSA) is 238 Å². The number of hydrogen-bond acceptors (Lipinski definition) is 14. The van der Waals surface area contributed by atoms with Gasteiger partial charge >= 0.3 is 16.1 Å². The van der Waals surface area contributed by atoms with E-state index in [1.165, 1.54) is 34.0 Å². The number of alkyl halides is 1. The number of nitrogen functional groups attached to an aromatic ring is 1. The van der Waals surface area contributed by atoms with E-state index in [0.29, 0.717) is 17.6 Å². The fourth-order valence-electron chi connectivity index (χ4n) is 6.10. The van der Waals surface area contributed by atoms with E-state index in [0.717, 1.165) is 0 Å². The molecule has 2 saturated heterocycles. The molecule has 45 heavy (non-hydrogen) atoms. The third-order valence-corrected chi connectivity index (χ3v) is 10.2. The Hall–Kier alpha value is -3.74. The second kappa shape index (κ2) is 10.7. The molecule has 22 heteroatoms. The van der Waals surface area contributed by atoms with E-state index >= 15 is 4.39 Å². The van der Waals surface area contributed by atoms with Crippen molar-refractivity contribution in [3.05, 3.63) is 41.7 Å². The number of phosphoric acid groups is 1.